The topological polar surface area (TPSA) is 86.7 Å². The van der Waals surface area contributed by atoms with E-state index >= 15 is 0 Å². The van der Waals surface area contributed by atoms with Crippen LogP contribution < -0.4 is 5.32 Å². The fourth-order valence-corrected chi connectivity index (χ4v) is 1.09. The van der Waals surface area contributed by atoms with E-state index in [1.807, 2.05) is 0 Å². The number of carboxylic acids is 1. The summed E-state index contributed by atoms with van der Waals surface area (Å²) in [7, 11) is 0. The summed E-state index contributed by atoms with van der Waals surface area (Å²) in [5.41, 5.74) is 0. The van der Waals surface area contributed by atoms with E-state index in [2.05, 4.69) is 5.32 Å². The van der Waals surface area contributed by atoms with Gasteiger partial charge < -0.3 is 10.4 Å². The molecule has 0 bridgehead atoms. The van der Waals surface area contributed by atoms with E-state index in [4.69, 9.17) is 5.11 Å². The zero-order chi connectivity index (χ0) is 12.6. The minimum absolute atomic E-state index is 0.200. The highest BCUT2D eigenvalue weighted by atomic mass is 16.4. The maximum Gasteiger partial charge on any atom is 0.317 e. The van der Waals surface area contributed by atoms with Gasteiger partial charge in [-0.25, -0.2) is 0 Å². The predicted octanol–water partition coefficient (Wildman–Crippen LogP) is -0.390. The van der Waals surface area contributed by atoms with Gasteiger partial charge in [0.1, 0.15) is 0 Å². The van der Waals surface area contributed by atoms with Crippen LogP contribution in [0.5, 0.6) is 0 Å². The Morgan fingerprint density at radius 3 is 2.56 bits per heavy atom. The molecule has 1 atom stereocenters. The molecule has 0 radical (unpaired) electrons. The van der Waals surface area contributed by atoms with Crippen LogP contribution in [0.25, 0.3) is 0 Å². The molecule has 0 saturated heterocycles. The minimum Gasteiger partial charge on any atom is -0.480 e. The normalized spacial score (nSPS) is 12.4. The Bertz CT molecular complexity index is 289. The average Bonchev–Trinajstić information content (AvgIpc) is 2.18. The first-order valence-corrected chi connectivity index (χ1v) is 4.85. The van der Waals surface area contributed by atoms with Crippen molar-refractivity contribution in [3.63, 3.8) is 0 Å². The van der Waals surface area contributed by atoms with Crippen LogP contribution in [0, 0.1) is 0 Å². The van der Waals surface area contributed by atoms with Crippen LogP contribution in [-0.4, -0.2) is 47.4 Å². The molecule has 0 aliphatic carbocycles. The quantitative estimate of drug-likeness (QED) is 0.458. The molecule has 90 valence electrons. The van der Waals surface area contributed by atoms with E-state index in [1.54, 1.807) is 13.8 Å². The van der Waals surface area contributed by atoms with Gasteiger partial charge in [0.2, 0.25) is 6.41 Å². The second-order valence-electron chi connectivity index (χ2n) is 3.22. The Balaban J connectivity index is 4.20. The SMILES string of the molecule is C/C=C\C(=O)N(C=O)[C@H](C)CNCC(=O)O. The predicted molar refractivity (Wildman–Crippen MR) is 57.7 cm³/mol. The number of carboxylic acid groups (broad SMARTS) is 1. The van der Waals surface area contributed by atoms with Gasteiger partial charge in [-0.1, -0.05) is 6.08 Å². The molecule has 0 aromatic carbocycles. The Kier molecular flexibility index (Phi) is 6.78. The van der Waals surface area contributed by atoms with Gasteiger partial charge in [0, 0.05) is 12.6 Å². The monoisotopic (exact) mass is 228 g/mol. The van der Waals surface area contributed by atoms with Crippen molar-refractivity contribution in [3.8, 4) is 0 Å². The summed E-state index contributed by atoms with van der Waals surface area (Å²) in [5.74, 6) is -1.40. The van der Waals surface area contributed by atoms with Crippen molar-refractivity contribution in [2.75, 3.05) is 13.1 Å². The summed E-state index contributed by atoms with van der Waals surface area (Å²) < 4.78 is 0. The Morgan fingerprint density at radius 2 is 2.12 bits per heavy atom. The van der Waals surface area contributed by atoms with Crippen molar-refractivity contribution in [2.24, 2.45) is 0 Å². The third-order valence-corrected chi connectivity index (χ3v) is 1.87. The summed E-state index contributed by atoms with van der Waals surface area (Å²) in [6.45, 7) is 3.38. The molecule has 0 aliphatic rings. The van der Waals surface area contributed by atoms with Gasteiger partial charge in [0.15, 0.2) is 0 Å². The number of rotatable bonds is 7. The zero-order valence-corrected chi connectivity index (χ0v) is 9.34. The standard InChI is InChI=1S/C10H16N2O4/c1-3-4-9(14)12(7-13)8(2)5-11-6-10(15)16/h3-4,7-8,11H,5-6H2,1-2H3,(H,15,16)/b4-3-/t8-/m1/s1. The third kappa shape index (κ3) is 5.26. The summed E-state index contributed by atoms with van der Waals surface area (Å²) >= 11 is 0. The number of nitrogens with zero attached hydrogens (tertiary/aromatic N) is 1. The number of aliphatic carboxylic acids is 1. The Hall–Kier alpha value is -1.69. The van der Waals surface area contributed by atoms with Gasteiger partial charge in [0.25, 0.3) is 5.91 Å². The van der Waals surface area contributed by atoms with Crippen LogP contribution in [0.15, 0.2) is 12.2 Å². The molecule has 0 unspecified atom stereocenters. The van der Waals surface area contributed by atoms with Crippen molar-refractivity contribution in [1.29, 1.82) is 0 Å². The fourth-order valence-electron chi connectivity index (χ4n) is 1.09. The van der Waals surface area contributed by atoms with Gasteiger partial charge in [-0.05, 0) is 19.9 Å². The van der Waals surface area contributed by atoms with Crippen molar-refractivity contribution in [1.82, 2.24) is 10.2 Å². The number of amides is 2. The second-order valence-corrected chi connectivity index (χ2v) is 3.22. The summed E-state index contributed by atoms with van der Waals surface area (Å²) in [6.07, 6.45) is 3.26. The molecule has 0 saturated carbocycles. The maximum absolute atomic E-state index is 11.4. The number of hydrogen-bond acceptors (Lipinski definition) is 4. The minimum atomic E-state index is -0.982. The number of carbonyl (C=O) groups is 3. The summed E-state index contributed by atoms with van der Waals surface area (Å²) in [6, 6.07) is -0.388. The van der Waals surface area contributed by atoms with Gasteiger partial charge in [-0.3, -0.25) is 19.3 Å². The van der Waals surface area contributed by atoms with E-state index in [0.29, 0.717) is 6.41 Å². The molecule has 0 aromatic rings. The fraction of sp³-hybridized carbons (Fsp3) is 0.500. The smallest absolute Gasteiger partial charge is 0.317 e. The molecule has 6 heteroatoms. The van der Waals surface area contributed by atoms with Gasteiger partial charge in [0.05, 0.1) is 6.54 Å². The van der Waals surface area contributed by atoms with E-state index in [1.165, 1.54) is 12.2 Å². The average molecular weight is 228 g/mol. The lowest BCUT2D eigenvalue weighted by atomic mass is 10.3. The first-order chi connectivity index (χ1) is 7.52. The Labute approximate surface area is 93.9 Å². The van der Waals surface area contributed by atoms with Gasteiger partial charge in [-0.15, -0.1) is 0 Å². The Morgan fingerprint density at radius 1 is 1.50 bits per heavy atom. The number of nitrogens with one attached hydrogen (secondary N) is 1. The molecule has 0 fully saturated rings. The van der Waals surface area contributed by atoms with E-state index < -0.39 is 11.9 Å². The number of imide groups is 1. The molecule has 0 heterocycles. The highest BCUT2D eigenvalue weighted by Gasteiger charge is 2.16. The molecule has 0 rings (SSSR count). The summed E-state index contributed by atoms with van der Waals surface area (Å²) in [5, 5.41) is 11.0. The molecular weight excluding hydrogens is 212 g/mol. The van der Waals surface area contributed by atoms with Crippen LogP contribution in [0.2, 0.25) is 0 Å². The highest BCUT2D eigenvalue weighted by Crippen LogP contribution is 1.96. The van der Waals surface area contributed by atoms with Gasteiger partial charge in [-0.2, -0.15) is 0 Å². The number of allylic oxidation sites excluding steroid dienone is 1. The largest absolute Gasteiger partial charge is 0.480 e. The zero-order valence-electron chi connectivity index (χ0n) is 9.34. The lowest BCUT2D eigenvalue weighted by molar-refractivity contribution is -0.136. The van der Waals surface area contributed by atoms with Crippen molar-refractivity contribution in [2.45, 2.75) is 19.9 Å². The van der Waals surface area contributed by atoms with E-state index in [-0.39, 0.29) is 19.1 Å². The highest BCUT2D eigenvalue weighted by molar-refractivity contribution is 5.94. The van der Waals surface area contributed by atoms with Crippen LogP contribution in [0.3, 0.4) is 0 Å². The first-order valence-electron chi connectivity index (χ1n) is 4.85. The van der Waals surface area contributed by atoms with Crippen LogP contribution in [0.4, 0.5) is 0 Å². The molecule has 0 spiro atoms. The molecule has 16 heavy (non-hydrogen) atoms. The number of carbonyl (C=O) groups excluding carboxylic acids is 2. The molecule has 6 nitrogen and oxygen atoms in total. The lowest BCUT2D eigenvalue weighted by Gasteiger charge is -2.21. The molecule has 2 N–H and O–H groups in total. The van der Waals surface area contributed by atoms with Crippen LogP contribution in [-0.2, 0) is 14.4 Å². The van der Waals surface area contributed by atoms with Crippen molar-refractivity contribution >= 4 is 18.3 Å². The van der Waals surface area contributed by atoms with E-state index in [0.717, 1.165) is 4.90 Å². The summed E-state index contributed by atoms with van der Waals surface area (Å²) in [4.78, 5) is 33.3. The van der Waals surface area contributed by atoms with Crippen molar-refractivity contribution in [3.05, 3.63) is 12.2 Å². The molecule has 0 aliphatic heterocycles. The second kappa shape index (κ2) is 7.58. The maximum atomic E-state index is 11.4. The molecule has 0 aromatic heterocycles. The third-order valence-electron chi connectivity index (χ3n) is 1.87. The van der Waals surface area contributed by atoms with Crippen LogP contribution >= 0.6 is 0 Å². The van der Waals surface area contributed by atoms with Crippen LogP contribution in [0.1, 0.15) is 13.8 Å². The van der Waals surface area contributed by atoms with Gasteiger partial charge >= 0.3 is 5.97 Å². The van der Waals surface area contributed by atoms with Crippen molar-refractivity contribution < 1.29 is 19.5 Å². The number of hydrogen-bond donors (Lipinski definition) is 2. The molecular formula is C10H16N2O4. The first kappa shape index (κ1) is 14.3. The lowest BCUT2D eigenvalue weighted by Crippen LogP contribution is -2.43. The molecule has 2 amide bonds. The van der Waals surface area contributed by atoms with E-state index in [9.17, 15) is 14.4 Å².